The summed E-state index contributed by atoms with van der Waals surface area (Å²) < 4.78 is 0. The van der Waals surface area contributed by atoms with Gasteiger partial charge in [0.2, 0.25) is 23.6 Å². The molecule has 0 radical (unpaired) electrons. The Kier molecular flexibility index (Phi) is 27.2. The van der Waals surface area contributed by atoms with E-state index in [2.05, 4.69) is 0 Å². The predicted molar refractivity (Wildman–Crippen MR) is 138 cm³/mol. The molecular weight excluding hydrogens is 432 g/mol. The largest absolute Gasteiger partial charge is 0.370 e. The molecule has 0 aliphatic rings. The van der Waals surface area contributed by atoms with Gasteiger partial charge < -0.3 is 22.9 Å². The number of hydrogen-bond donors (Lipinski definition) is 4. The maximum atomic E-state index is 10.5. The first-order chi connectivity index (χ1) is 16.3. The van der Waals surface area contributed by atoms with Crippen LogP contribution in [0.15, 0.2) is 0 Å². The molecule has 4 amide bonds. The predicted octanol–water partition coefficient (Wildman–Crippen LogP) is 4.50. The van der Waals surface area contributed by atoms with Crippen molar-refractivity contribution in [1.82, 2.24) is 0 Å². The van der Waals surface area contributed by atoms with E-state index in [1.54, 1.807) is 0 Å². The molecule has 0 aliphatic heterocycles. The zero-order chi connectivity index (χ0) is 25.9. The molecule has 8 nitrogen and oxygen atoms in total. The van der Waals surface area contributed by atoms with Crippen molar-refractivity contribution in [1.29, 1.82) is 0 Å². The van der Waals surface area contributed by atoms with Gasteiger partial charge in [0.05, 0.1) is 0 Å². The Balaban J connectivity index is 0. The van der Waals surface area contributed by atoms with E-state index in [1.165, 1.54) is 64.2 Å². The van der Waals surface area contributed by atoms with Crippen molar-refractivity contribution in [2.75, 3.05) is 0 Å². The topological polar surface area (TPSA) is 172 Å². The van der Waals surface area contributed by atoms with Crippen LogP contribution in [-0.4, -0.2) is 23.6 Å². The third-order valence-electron chi connectivity index (χ3n) is 5.69. The monoisotopic (exact) mass is 484 g/mol. The number of nitrogens with two attached hydrogens (primary N) is 4. The molecule has 0 spiro atoms. The van der Waals surface area contributed by atoms with Gasteiger partial charge in [0.25, 0.3) is 0 Å². The van der Waals surface area contributed by atoms with Crippen LogP contribution in [0.4, 0.5) is 0 Å². The van der Waals surface area contributed by atoms with Crippen molar-refractivity contribution in [3.63, 3.8) is 0 Å². The van der Waals surface area contributed by atoms with Crippen LogP contribution in [0, 0.1) is 0 Å². The zero-order valence-electron chi connectivity index (χ0n) is 21.5. The second kappa shape index (κ2) is 27.1. The van der Waals surface area contributed by atoms with Gasteiger partial charge in [0.1, 0.15) is 0 Å². The molecule has 0 aromatic heterocycles. The van der Waals surface area contributed by atoms with Gasteiger partial charge in [-0.15, -0.1) is 0 Å². The van der Waals surface area contributed by atoms with E-state index in [1.807, 2.05) is 0 Å². The van der Waals surface area contributed by atoms with E-state index in [0.717, 1.165) is 51.4 Å². The summed E-state index contributed by atoms with van der Waals surface area (Å²) in [5.41, 5.74) is 20.2. The van der Waals surface area contributed by atoms with Gasteiger partial charge in [0, 0.05) is 25.7 Å². The van der Waals surface area contributed by atoms with Gasteiger partial charge in [-0.2, -0.15) is 0 Å². The number of primary amides is 4. The lowest BCUT2D eigenvalue weighted by Crippen LogP contribution is -2.09. The van der Waals surface area contributed by atoms with Gasteiger partial charge in [-0.1, -0.05) is 89.9 Å². The van der Waals surface area contributed by atoms with Crippen molar-refractivity contribution in [2.24, 2.45) is 22.9 Å². The fraction of sp³-hybridized carbons (Fsp3) is 0.846. The SMILES string of the molecule is NC(=O)CCCCCCCCCCCC(N)=O.NC(=O)CCCCCCCCCCCC(N)=O. The van der Waals surface area contributed by atoms with Gasteiger partial charge in [-0.3, -0.25) is 19.2 Å². The highest BCUT2D eigenvalue weighted by Crippen LogP contribution is 2.12. The molecule has 0 rings (SSSR count). The lowest BCUT2D eigenvalue weighted by atomic mass is 10.1. The zero-order valence-corrected chi connectivity index (χ0v) is 21.5. The first-order valence-corrected chi connectivity index (χ1v) is 13.4. The maximum Gasteiger partial charge on any atom is 0.217 e. The van der Waals surface area contributed by atoms with Crippen LogP contribution in [0.25, 0.3) is 0 Å². The molecule has 0 atom stereocenters. The van der Waals surface area contributed by atoms with Crippen LogP contribution in [0.3, 0.4) is 0 Å². The molecule has 8 N–H and O–H groups in total. The normalized spacial score (nSPS) is 10.4. The molecule has 8 heteroatoms. The average Bonchev–Trinajstić information content (AvgIpc) is 2.75. The highest BCUT2D eigenvalue weighted by atomic mass is 16.2. The van der Waals surface area contributed by atoms with Crippen LogP contribution in [0.1, 0.15) is 141 Å². The van der Waals surface area contributed by atoms with Crippen LogP contribution in [0.5, 0.6) is 0 Å². The number of carbonyl (C=O) groups is 4. The number of carbonyl (C=O) groups excluding carboxylic acids is 4. The van der Waals surface area contributed by atoms with Crippen LogP contribution < -0.4 is 22.9 Å². The Morgan fingerprint density at radius 2 is 0.382 bits per heavy atom. The lowest BCUT2D eigenvalue weighted by Gasteiger charge is -2.01. The average molecular weight is 485 g/mol. The Labute approximate surface area is 207 Å². The smallest absolute Gasteiger partial charge is 0.217 e. The summed E-state index contributed by atoms with van der Waals surface area (Å²) in [4.78, 5) is 41.9. The first-order valence-electron chi connectivity index (χ1n) is 13.4. The third-order valence-corrected chi connectivity index (χ3v) is 5.69. The number of unbranched alkanes of at least 4 members (excludes halogenated alkanes) is 16. The highest BCUT2D eigenvalue weighted by Gasteiger charge is 1.98. The van der Waals surface area contributed by atoms with Crippen molar-refractivity contribution < 1.29 is 19.2 Å². The second-order valence-electron chi connectivity index (χ2n) is 9.23. The molecule has 0 saturated heterocycles. The third kappa shape index (κ3) is 37.2. The van der Waals surface area contributed by atoms with E-state index in [0.29, 0.717) is 25.7 Å². The Hall–Kier alpha value is -2.12. The summed E-state index contributed by atoms with van der Waals surface area (Å²) in [5.74, 6) is -0.780. The van der Waals surface area contributed by atoms with Gasteiger partial charge in [0.15, 0.2) is 0 Å². The summed E-state index contributed by atoms with van der Waals surface area (Å²) in [7, 11) is 0. The van der Waals surface area contributed by atoms with E-state index < -0.39 is 0 Å². The molecule has 0 fully saturated rings. The maximum absolute atomic E-state index is 10.5. The van der Waals surface area contributed by atoms with Crippen LogP contribution in [-0.2, 0) is 19.2 Å². The molecule has 0 bridgehead atoms. The molecule has 0 heterocycles. The van der Waals surface area contributed by atoms with Crippen molar-refractivity contribution in [2.45, 2.75) is 141 Å². The lowest BCUT2D eigenvalue weighted by molar-refractivity contribution is -0.119. The fourth-order valence-electron chi connectivity index (χ4n) is 3.67. The van der Waals surface area contributed by atoms with Crippen LogP contribution >= 0.6 is 0 Å². The van der Waals surface area contributed by atoms with Crippen molar-refractivity contribution in [3.8, 4) is 0 Å². The van der Waals surface area contributed by atoms with Gasteiger partial charge >= 0.3 is 0 Å². The Morgan fingerprint density at radius 1 is 0.265 bits per heavy atom. The van der Waals surface area contributed by atoms with Crippen molar-refractivity contribution in [3.05, 3.63) is 0 Å². The molecule has 34 heavy (non-hydrogen) atoms. The summed E-state index contributed by atoms with van der Waals surface area (Å²) in [5, 5.41) is 0. The fourth-order valence-corrected chi connectivity index (χ4v) is 3.67. The summed E-state index contributed by atoms with van der Waals surface area (Å²) in [6, 6.07) is 0. The molecule has 0 aromatic carbocycles. The van der Waals surface area contributed by atoms with E-state index >= 15 is 0 Å². The molecule has 0 saturated carbocycles. The first kappa shape index (κ1) is 34.0. The molecule has 0 aromatic rings. The summed E-state index contributed by atoms with van der Waals surface area (Å²) in [6.45, 7) is 0. The quantitative estimate of drug-likeness (QED) is 0.148. The van der Waals surface area contributed by atoms with E-state index in [9.17, 15) is 19.2 Å². The molecule has 200 valence electrons. The van der Waals surface area contributed by atoms with Crippen LogP contribution in [0.2, 0.25) is 0 Å². The molecular formula is C26H52N4O4. The molecule has 0 aliphatic carbocycles. The summed E-state index contributed by atoms with van der Waals surface area (Å²) in [6.07, 6.45) is 22.4. The number of hydrogen-bond acceptors (Lipinski definition) is 4. The highest BCUT2D eigenvalue weighted by molar-refractivity contribution is 5.74. The van der Waals surface area contributed by atoms with E-state index in [4.69, 9.17) is 22.9 Å². The minimum absolute atomic E-state index is 0.195. The van der Waals surface area contributed by atoms with Gasteiger partial charge in [-0.25, -0.2) is 0 Å². The minimum Gasteiger partial charge on any atom is -0.370 e. The Morgan fingerprint density at radius 3 is 0.500 bits per heavy atom. The Bertz CT molecular complexity index is 437. The molecule has 0 unspecified atom stereocenters. The second-order valence-corrected chi connectivity index (χ2v) is 9.23. The number of amides is 4. The van der Waals surface area contributed by atoms with Gasteiger partial charge in [-0.05, 0) is 25.7 Å². The minimum atomic E-state index is -0.195. The standard InChI is InChI=1S/2C13H26N2O2/c2*14-12(16)10-8-6-4-2-1-3-5-7-9-11-13(15)17/h2*1-11H2,(H2,14,16)(H2,15,17). The number of rotatable bonds is 24. The van der Waals surface area contributed by atoms with Crippen molar-refractivity contribution >= 4 is 23.6 Å². The van der Waals surface area contributed by atoms with E-state index in [-0.39, 0.29) is 23.6 Å². The summed E-state index contributed by atoms with van der Waals surface area (Å²) >= 11 is 0.